The maximum absolute atomic E-state index is 9.87. The summed E-state index contributed by atoms with van der Waals surface area (Å²) in [5.41, 5.74) is 7.74. The van der Waals surface area contributed by atoms with Gasteiger partial charge in [-0.3, -0.25) is 0 Å². The number of halogens is 1. The van der Waals surface area contributed by atoms with Crippen molar-refractivity contribution >= 4 is 21.9 Å². The highest BCUT2D eigenvalue weighted by Gasteiger charge is 2.13. The Labute approximate surface area is 119 Å². The maximum Gasteiger partial charge on any atom is 0.223 e. The van der Waals surface area contributed by atoms with Crippen molar-refractivity contribution in [2.75, 3.05) is 12.8 Å². The number of rotatable bonds is 3. The second kappa shape index (κ2) is 5.44. The van der Waals surface area contributed by atoms with Crippen LogP contribution in [0.15, 0.2) is 22.7 Å². The Bertz CT molecular complexity index is 594. The second-order valence-electron chi connectivity index (χ2n) is 4.10. The molecular weight excluding hydrogens is 310 g/mol. The molecule has 0 bridgehead atoms. The number of nitrogens with two attached hydrogens (primary N) is 1. The van der Waals surface area contributed by atoms with E-state index in [1.807, 2.05) is 18.2 Å². The monoisotopic (exact) mass is 323 g/mol. The molecule has 0 saturated heterocycles. The van der Waals surface area contributed by atoms with Gasteiger partial charge < -0.3 is 15.6 Å². The van der Waals surface area contributed by atoms with Crippen LogP contribution >= 0.6 is 15.9 Å². The summed E-state index contributed by atoms with van der Waals surface area (Å²) in [6.07, 6.45) is 0.481. The molecule has 0 radical (unpaired) electrons. The summed E-state index contributed by atoms with van der Waals surface area (Å²) < 4.78 is 6.26. The van der Waals surface area contributed by atoms with Crippen LogP contribution in [0.4, 0.5) is 5.95 Å². The number of hydrogen-bond donors (Lipinski definition) is 2. The topological polar surface area (TPSA) is 81.3 Å². The number of hydrogen-bond acceptors (Lipinski definition) is 5. The number of aromatic nitrogens is 2. The Morgan fingerprint density at radius 1 is 1.37 bits per heavy atom. The van der Waals surface area contributed by atoms with E-state index in [1.165, 1.54) is 0 Å². The third-order valence-corrected chi connectivity index (χ3v) is 3.32. The Hall–Kier alpha value is -1.82. The molecule has 0 aliphatic heterocycles. The zero-order chi connectivity index (χ0) is 14.0. The molecule has 1 aromatic carbocycles. The first-order valence-corrected chi connectivity index (χ1v) is 6.45. The molecule has 0 aliphatic rings. The predicted octanol–water partition coefficient (Wildman–Crippen LogP) is 2.43. The van der Waals surface area contributed by atoms with Crippen LogP contribution in [0.1, 0.15) is 16.8 Å². The van der Waals surface area contributed by atoms with Gasteiger partial charge in [0, 0.05) is 16.5 Å². The van der Waals surface area contributed by atoms with Gasteiger partial charge in [-0.05, 0) is 24.6 Å². The Morgan fingerprint density at radius 3 is 2.74 bits per heavy atom. The number of anilines is 1. The summed E-state index contributed by atoms with van der Waals surface area (Å²) >= 11 is 3.39. The summed E-state index contributed by atoms with van der Waals surface area (Å²) in [5, 5.41) is 9.87. The number of nitrogens with zero attached hydrogens (tertiary/aromatic N) is 2. The van der Waals surface area contributed by atoms with Crippen LogP contribution < -0.4 is 10.5 Å². The van der Waals surface area contributed by atoms with Crippen molar-refractivity contribution in [1.82, 2.24) is 9.97 Å². The fourth-order valence-corrected chi connectivity index (χ4v) is 2.20. The molecule has 5 nitrogen and oxygen atoms in total. The number of aryl methyl sites for hydroxylation is 1. The van der Waals surface area contributed by atoms with Crippen LogP contribution in [0.5, 0.6) is 11.6 Å². The number of nitrogen functional groups attached to an aromatic ring is 1. The Morgan fingerprint density at radius 2 is 2.11 bits per heavy atom. The molecule has 1 heterocycles. The van der Waals surface area contributed by atoms with Crippen molar-refractivity contribution in [1.29, 1.82) is 0 Å². The van der Waals surface area contributed by atoms with Crippen LogP contribution in [0.25, 0.3) is 0 Å². The standard InChI is InChI=1S/C13H14BrN3O2/c1-7-10(12(18)17-13(15)16-7)5-8-3-4-9(14)6-11(8)19-2/h3-4,6H,5H2,1-2H3,(H3,15,16,17,18). The van der Waals surface area contributed by atoms with Crippen LogP contribution in [0, 0.1) is 6.92 Å². The lowest BCUT2D eigenvalue weighted by atomic mass is 10.0. The van der Waals surface area contributed by atoms with E-state index < -0.39 is 0 Å². The average Bonchev–Trinajstić information content (AvgIpc) is 2.35. The molecule has 0 atom stereocenters. The molecule has 2 rings (SSSR count). The normalized spacial score (nSPS) is 10.5. The minimum Gasteiger partial charge on any atom is -0.496 e. The first-order valence-electron chi connectivity index (χ1n) is 5.65. The second-order valence-corrected chi connectivity index (χ2v) is 5.02. The van der Waals surface area contributed by atoms with Gasteiger partial charge in [0.2, 0.25) is 11.8 Å². The van der Waals surface area contributed by atoms with Crippen LogP contribution in [0.3, 0.4) is 0 Å². The van der Waals surface area contributed by atoms with E-state index in [4.69, 9.17) is 10.5 Å². The quantitative estimate of drug-likeness (QED) is 0.906. The fourth-order valence-electron chi connectivity index (χ4n) is 1.86. The molecule has 0 spiro atoms. The van der Waals surface area contributed by atoms with Gasteiger partial charge in [0.15, 0.2) is 0 Å². The minimum absolute atomic E-state index is 0.0709. The van der Waals surface area contributed by atoms with Crippen molar-refractivity contribution in [3.8, 4) is 11.6 Å². The zero-order valence-corrected chi connectivity index (χ0v) is 12.2. The highest BCUT2D eigenvalue weighted by atomic mass is 79.9. The van der Waals surface area contributed by atoms with Gasteiger partial charge in [-0.2, -0.15) is 4.98 Å². The van der Waals surface area contributed by atoms with Crippen LogP contribution in [-0.2, 0) is 6.42 Å². The van der Waals surface area contributed by atoms with Gasteiger partial charge in [-0.15, -0.1) is 0 Å². The van der Waals surface area contributed by atoms with E-state index in [2.05, 4.69) is 25.9 Å². The number of benzene rings is 1. The van der Waals surface area contributed by atoms with Crippen molar-refractivity contribution in [2.45, 2.75) is 13.3 Å². The molecule has 0 saturated carbocycles. The largest absolute Gasteiger partial charge is 0.496 e. The summed E-state index contributed by atoms with van der Waals surface area (Å²) in [4.78, 5) is 7.84. The van der Waals surface area contributed by atoms with E-state index in [9.17, 15) is 5.11 Å². The van der Waals surface area contributed by atoms with E-state index in [-0.39, 0.29) is 11.8 Å². The highest BCUT2D eigenvalue weighted by molar-refractivity contribution is 9.10. The lowest BCUT2D eigenvalue weighted by Crippen LogP contribution is -2.03. The molecular formula is C13H14BrN3O2. The van der Waals surface area contributed by atoms with E-state index in [0.717, 1.165) is 15.8 Å². The molecule has 0 unspecified atom stereocenters. The SMILES string of the molecule is COc1cc(Br)ccc1Cc1c(C)nc(N)nc1O. The molecule has 0 amide bonds. The molecule has 100 valence electrons. The Kier molecular flexibility index (Phi) is 3.90. The van der Waals surface area contributed by atoms with Gasteiger partial charge in [0.25, 0.3) is 0 Å². The van der Waals surface area contributed by atoms with E-state index in [1.54, 1.807) is 14.0 Å². The average molecular weight is 324 g/mol. The predicted molar refractivity (Wildman–Crippen MR) is 76.3 cm³/mol. The van der Waals surface area contributed by atoms with Gasteiger partial charge in [-0.1, -0.05) is 22.0 Å². The fraction of sp³-hybridized carbons (Fsp3) is 0.231. The summed E-state index contributed by atoms with van der Waals surface area (Å²) in [6.45, 7) is 1.79. The molecule has 19 heavy (non-hydrogen) atoms. The third-order valence-electron chi connectivity index (χ3n) is 2.83. The van der Waals surface area contributed by atoms with Crippen molar-refractivity contribution in [3.63, 3.8) is 0 Å². The molecule has 6 heteroatoms. The molecule has 3 N–H and O–H groups in total. The van der Waals surface area contributed by atoms with E-state index in [0.29, 0.717) is 17.7 Å². The number of ether oxygens (including phenoxy) is 1. The van der Waals surface area contributed by atoms with Gasteiger partial charge >= 0.3 is 0 Å². The van der Waals surface area contributed by atoms with Crippen molar-refractivity contribution in [2.24, 2.45) is 0 Å². The summed E-state index contributed by atoms with van der Waals surface area (Å²) in [6, 6.07) is 5.72. The van der Waals surface area contributed by atoms with Gasteiger partial charge in [0.05, 0.1) is 12.8 Å². The third kappa shape index (κ3) is 2.96. The lowest BCUT2D eigenvalue weighted by molar-refractivity contribution is 0.409. The number of methoxy groups -OCH3 is 1. The molecule has 0 aliphatic carbocycles. The maximum atomic E-state index is 9.87. The molecule has 2 aromatic rings. The lowest BCUT2D eigenvalue weighted by Gasteiger charge is -2.11. The van der Waals surface area contributed by atoms with Crippen molar-refractivity contribution in [3.05, 3.63) is 39.5 Å². The van der Waals surface area contributed by atoms with Gasteiger partial charge in [0.1, 0.15) is 5.75 Å². The van der Waals surface area contributed by atoms with Crippen LogP contribution in [0.2, 0.25) is 0 Å². The molecule has 0 fully saturated rings. The molecule has 1 aromatic heterocycles. The zero-order valence-electron chi connectivity index (χ0n) is 10.6. The van der Waals surface area contributed by atoms with Crippen LogP contribution in [-0.4, -0.2) is 22.2 Å². The minimum atomic E-state index is -0.0880. The first kappa shape index (κ1) is 13.6. The van der Waals surface area contributed by atoms with Gasteiger partial charge in [-0.25, -0.2) is 4.98 Å². The van der Waals surface area contributed by atoms with E-state index >= 15 is 0 Å². The Balaban J connectivity index is 2.42. The highest BCUT2D eigenvalue weighted by Crippen LogP contribution is 2.29. The first-order chi connectivity index (χ1) is 9.01. The smallest absolute Gasteiger partial charge is 0.223 e. The van der Waals surface area contributed by atoms with Crippen molar-refractivity contribution < 1.29 is 9.84 Å². The summed E-state index contributed by atoms with van der Waals surface area (Å²) in [7, 11) is 1.61. The number of aromatic hydroxyl groups is 1. The summed E-state index contributed by atoms with van der Waals surface area (Å²) in [5.74, 6) is 0.724.